The summed E-state index contributed by atoms with van der Waals surface area (Å²) in [6.07, 6.45) is 1.54. The first-order chi connectivity index (χ1) is 10.7. The SMILES string of the molecule is Cc1nnc(NC(=O)C2(c3cc(-c4cccs4)on3)CC2)s1. The Labute approximate surface area is 134 Å². The predicted octanol–water partition coefficient (Wildman–Crippen LogP) is 3.23. The molecule has 1 aliphatic rings. The zero-order valence-electron chi connectivity index (χ0n) is 11.7. The Balaban J connectivity index is 1.57. The molecule has 1 fully saturated rings. The molecule has 3 heterocycles. The predicted molar refractivity (Wildman–Crippen MR) is 84.0 cm³/mol. The van der Waals surface area contributed by atoms with E-state index in [1.54, 1.807) is 11.3 Å². The molecule has 112 valence electrons. The van der Waals surface area contributed by atoms with Crippen molar-refractivity contribution in [3.05, 3.63) is 34.3 Å². The van der Waals surface area contributed by atoms with Crippen LogP contribution in [0.5, 0.6) is 0 Å². The molecule has 0 spiro atoms. The Kier molecular flexibility index (Phi) is 3.08. The van der Waals surface area contributed by atoms with Crippen LogP contribution in [0.15, 0.2) is 28.1 Å². The average molecular weight is 332 g/mol. The molecule has 6 nitrogen and oxygen atoms in total. The maximum atomic E-state index is 12.6. The molecule has 0 bridgehead atoms. The molecule has 0 saturated heterocycles. The molecule has 0 radical (unpaired) electrons. The first-order valence-corrected chi connectivity index (χ1v) is 8.50. The highest BCUT2D eigenvalue weighted by atomic mass is 32.1. The fourth-order valence-electron chi connectivity index (χ4n) is 2.32. The van der Waals surface area contributed by atoms with Crippen molar-refractivity contribution in [3.8, 4) is 10.6 Å². The maximum Gasteiger partial charge on any atom is 0.238 e. The van der Waals surface area contributed by atoms with Crippen molar-refractivity contribution in [1.29, 1.82) is 0 Å². The van der Waals surface area contributed by atoms with E-state index in [1.807, 2.05) is 30.5 Å². The van der Waals surface area contributed by atoms with E-state index < -0.39 is 5.41 Å². The molecule has 1 N–H and O–H groups in total. The molecule has 0 atom stereocenters. The topological polar surface area (TPSA) is 80.9 Å². The molecule has 0 aromatic carbocycles. The zero-order chi connectivity index (χ0) is 15.2. The number of hydrogen-bond acceptors (Lipinski definition) is 7. The highest BCUT2D eigenvalue weighted by Gasteiger charge is 2.54. The van der Waals surface area contributed by atoms with E-state index in [2.05, 4.69) is 20.7 Å². The van der Waals surface area contributed by atoms with Gasteiger partial charge < -0.3 is 4.52 Å². The lowest BCUT2D eigenvalue weighted by Crippen LogP contribution is -2.28. The zero-order valence-corrected chi connectivity index (χ0v) is 13.3. The van der Waals surface area contributed by atoms with Gasteiger partial charge in [-0.25, -0.2) is 0 Å². The third kappa shape index (κ3) is 2.24. The lowest BCUT2D eigenvalue weighted by molar-refractivity contribution is -0.118. The van der Waals surface area contributed by atoms with Gasteiger partial charge in [-0.15, -0.1) is 21.5 Å². The van der Waals surface area contributed by atoms with Crippen molar-refractivity contribution < 1.29 is 9.32 Å². The minimum Gasteiger partial charge on any atom is -0.355 e. The van der Waals surface area contributed by atoms with E-state index in [-0.39, 0.29) is 5.91 Å². The summed E-state index contributed by atoms with van der Waals surface area (Å²) in [6.45, 7) is 1.85. The van der Waals surface area contributed by atoms with Gasteiger partial charge in [0.15, 0.2) is 5.76 Å². The van der Waals surface area contributed by atoms with Crippen LogP contribution < -0.4 is 5.32 Å². The van der Waals surface area contributed by atoms with E-state index in [9.17, 15) is 4.79 Å². The average Bonchev–Trinajstić information content (AvgIpc) is 2.93. The molecule has 1 amide bonds. The second kappa shape index (κ2) is 4.99. The van der Waals surface area contributed by atoms with Crippen LogP contribution in [0.1, 0.15) is 23.5 Å². The van der Waals surface area contributed by atoms with E-state index in [1.165, 1.54) is 11.3 Å². The summed E-state index contributed by atoms with van der Waals surface area (Å²) in [7, 11) is 0. The van der Waals surface area contributed by atoms with Gasteiger partial charge in [-0.05, 0) is 31.2 Å². The van der Waals surface area contributed by atoms with Crippen LogP contribution in [-0.2, 0) is 10.2 Å². The lowest BCUT2D eigenvalue weighted by Gasteiger charge is -2.09. The van der Waals surface area contributed by atoms with E-state index in [0.717, 1.165) is 22.7 Å². The van der Waals surface area contributed by atoms with Gasteiger partial charge in [0, 0.05) is 6.07 Å². The molecule has 1 aliphatic carbocycles. The number of carbonyl (C=O) groups is 1. The fraction of sp³-hybridized carbons (Fsp3) is 0.286. The number of rotatable bonds is 4. The number of thiophene rings is 1. The van der Waals surface area contributed by atoms with Gasteiger partial charge in [0.1, 0.15) is 5.01 Å². The number of aromatic nitrogens is 3. The van der Waals surface area contributed by atoms with E-state index in [4.69, 9.17) is 4.52 Å². The summed E-state index contributed by atoms with van der Waals surface area (Å²) >= 11 is 2.95. The first kappa shape index (κ1) is 13.6. The highest BCUT2D eigenvalue weighted by Crippen LogP contribution is 2.49. The van der Waals surface area contributed by atoms with Crippen molar-refractivity contribution in [3.63, 3.8) is 0 Å². The van der Waals surface area contributed by atoms with Crippen LogP contribution in [0.3, 0.4) is 0 Å². The van der Waals surface area contributed by atoms with Gasteiger partial charge >= 0.3 is 0 Å². The van der Waals surface area contributed by atoms with E-state index in [0.29, 0.717) is 16.6 Å². The molecule has 0 unspecified atom stereocenters. The summed E-state index contributed by atoms with van der Waals surface area (Å²) in [5, 5.41) is 18.1. The molecule has 22 heavy (non-hydrogen) atoms. The monoisotopic (exact) mass is 332 g/mol. The molecular formula is C14H12N4O2S2. The Morgan fingerprint density at radius 1 is 1.41 bits per heavy atom. The van der Waals surface area contributed by atoms with Crippen LogP contribution in [0.25, 0.3) is 10.6 Å². The molecule has 1 saturated carbocycles. The summed E-state index contributed by atoms with van der Waals surface area (Å²) < 4.78 is 5.39. The number of hydrogen-bond donors (Lipinski definition) is 1. The third-order valence-corrected chi connectivity index (χ3v) is 5.33. The summed E-state index contributed by atoms with van der Waals surface area (Å²) in [5.74, 6) is 0.616. The minimum absolute atomic E-state index is 0.0883. The first-order valence-electron chi connectivity index (χ1n) is 6.80. The van der Waals surface area contributed by atoms with E-state index >= 15 is 0 Å². The van der Waals surface area contributed by atoms with Crippen molar-refractivity contribution in [1.82, 2.24) is 15.4 Å². The fourth-order valence-corrected chi connectivity index (χ4v) is 3.58. The second-order valence-corrected chi connectivity index (χ2v) is 7.35. The molecule has 4 rings (SSSR count). The Bertz CT molecular complexity index is 818. The van der Waals surface area contributed by atoms with Crippen molar-refractivity contribution >= 4 is 33.7 Å². The van der Waals surface area contributed by atoms with Crippen LogP contribution in [-0.4, -0.2) is 21.3 Å². The standard InChI is InChI=1S/C14H12N4O2S2/c1-8-16-17-13(22-8)15-12(19)14(4-5-14)11-7-9(20-18-11)10-3-2-6-21-10/h2-3,6-7H,4-5H2,1H3,(H,15,17,19). The van der Waals surface area contributed by atoms with Crippen LogP contribution in [0.4, 0.5) is 5.13 Å². The lowest BCUT2D eigenvalue weighted by atomic mass is 10.0. The van der Waals surface area contributed by atoms with Crippen LogP contribution >= 0.6 is 22.7 Å². The van der Waals surface area contributed by atoms with Crippen molar-refractivity contribution in [2.75, 3.05) is 5.32 Å². The Hall–Kier alpha value is -2.06. The van der Waals surface area contributed by atoms with Gasteiger partial charge in [-0.3, -0.25) is 10.1 Å². The number of aryl methyl sites for hydroxylation is 1. The maximum absolute atomic E-state index is 12.6. The van der Waals surface area contributed by atoms with Crippen LogP contribution in [0, 0.1) is 6.92 Å². The van der Waals surface area contributed by atoms with Crippen LogP contribution in [0.2, 0.25) is 0 Å². The van der Waals surface area contributed by atoms with Crippen molar-refractivity contribution in [2.45, 2.75) is 25.2 Å². The third-order valence-electron chi connectivity index (χ3n) is 3.70. The molecule has 3 aromatic heterocycles. The second-order valence-electron chi connectivity index (χ2n) is 5.22. The molecule has 8 heteroatoms. The van der Waals surface area contributed by atoms with Gasteiger partial charge in [-0.1, -0.05) is 22.6 Å². The van der Waals surface area contributed by atoms with Gasteiger partial charge in [0.05, 0.1) is 16.0 Å². The number of amides is 1. The number of anilines is 1. The molecular weight excluding hydrogens is 320 g/mol. The van der Waals surface area contributed by atoms with Gasteiger partial charge in [-0.2, -0.15) is 0 Å². The largest absolute Gasteiger partial charge is 0.355 e. The van der Waals surface area contributed by atoms with Crippen molar-refractivity contribution in [2.24, 2.45) is 0 Å². The quantitative estimate of drug-likeness (QED) is 0.793. The normalized spacial score (nSPS) is 15.7. The number of carbonyl (C=O) groups excluding carboxylic acids is 1. The molecule has 0 aliphatic heterocycles. The molecule has 3 aromatic rings. The Morgan fingerprint density at radius 3 is 2.91 bits per heavy atom. The minimum atomic E-state index is -0.585. The Morgan fingerprint density at radius 2 is 2.27 bits per heavy atom. The number of nitrogens with zero attached hydrogens (tertiary/aromatic N) is 3. The summed E-state index contributed by atoms with van der Waals surface area (Å²) in [6, 6.07) is 5.79. The highest BCUT2D eigenvalue weighted by molar-refractivity contribution is 7.15. The summed E-state index contributed by atoms with van der Waals surface area (Å²) in [4.78, 5) is 13.6. The number of nitrogens with one attached hydrogen (secondary N) is 1. The smallest absolute Gasteiger partial charge is 0.238 e. The summed E-state index contributed by atoms with van der Waals surface area (Å²) in [5.41, 5.74) is 0.105. The van der Waals surface area contributed by atoms with Gasteiger partial charge in [0.25, 0.3) is 0 Å². The van der Waals surface area contributed by atoms with Gasteiger partial charge in [0.2, 0.25) is 11.0 Å².